The lowest BCUT2D eigenvalue weighted by atomic mass is 10.2. The minimum absolute atomic E-state index is 0.693. The molecule has 1 unspecified atom stereocenters. The van der Waals surface area contributed by atoms with Crippen molar-refractivity contribution in [2.24, 2.45) is 0 Å². The molecule has 1 heterocycles. The Morgan fingerprint density at radius 2 is 2.12 bits per heavy atom. The number of ether oxygens (including phenoxy) is 2. The van der Waals surface area contributed by atoms with Crippen LogP contribution < -0.4 is 5.32 Å². The van der Waals surface area contributed by atoms with Crippen LogP contribution in [-0.2, 0) is 9.47 Å². The maximum atomic E-state index is 5.52. The molecule has 4 nitrogen and oxygen atoms in total. The fourth-order valence-corrected chi connectivity index (χ4v) is 2.14. The lowest BCUT2D eigenvalue weighted by Crippen LogP contribution is -2.39. The SMILES string of the molecule is CCCN(CCOCCOC)C1CCNC1. The minimum atomic E-state index is 0.693. The Balaban J connectivity index is 2.12. The predicted molar refractivity (Wildman–Crippen MR) is 65.8 cm³/mol. The van der Waals surface area contributed by atoms with E-state index in [2.05, 4.69) is 17.1 Å². The molecule has 0 saturated carbocycles. The van der Waals surface area contributed by atoms with Crippen LogP contribution in [0.15, 0.2) is 0 Å². The van der Waals surface area contributed by atoms with Gasteiger partial charge in [-0.05, 0) is 25.9 Å². The van der Waals surface area contributed by atoms with Gasteiger partial charge in [-0.2, -0.15) is 0 Å². The topological polar surface area (TPSA) is 33.7 Å². The van der Waals surface area contributed by atoms with Crippen molar-refractivity contribution in [1.29, 1.82) is 0 Å². The third-order valence-corrected chi connectivity index (χ3v) is 3.02. The number of methoxy groups -OCH3 is 1. The molecule has 96 valence electrons. The highest BCUT2D eigenvalue weighted by Gasteiger charge is 2.20. The van der Waals surface area contributed by atoms with E-state index in [0.29, 0.717) is 19.3 Å². The molecule has 1 atom stereocenters. The van der Waals surface area contributed by atoms with Gasteiger partial charge in [0.1, 0.15) is 0 Å². The monoisotopic (exact) mass is 230 g/mol. The van der Waals surface area contributed by atoms with E-state index < -0.39 is 0 Å². The van der Waals surface area contributed by atoms with Crippen LogP contribution in [0.2, 0.25) is 0 Å². The normalized spacial score (nSPS) is 20.8. The van der Waals surface area contributed by atoms with Gasteiger partial charge in [0.25, 0.3) is 0 Å². The van der Waals surface area contributed by atoms with E-state index in [0.717, 1.165) is 26.2 Å². The first-order chi connectivity index (χ1) is 7.88. The Morgan fingerprint density at radius 3 is 2.75 bits per heavy atom. The first-order valence-corrected chi connectivity index (χ1v) is 6.40. The molecular weight excluding hydrogens is 204 g/mol. The number of nitrogens with one attached hydrogen (secondary N) is 1. The van der Waals surface area contributed by atoms with Crippen LogP contribution in [0.1, 0.15) is 19.8 Å². The van der Waals surface area contributed by atoms with E-state index in [9.17, 15) is 0 Å². The Kier molecular flexibility index (Phi) is 7.76. The molecule has 1 aliphatic heterocycles. The van der Waals surface area contributed by atoms with Gasteiger partial charge in [-0.25, -0.2) is 0 Å². The van der Waals surface area contributed by atoms with Gasteiger partial charge in [-0.3, -0.25) is 4.90 Å². The Morgan fingerprint density at radius 1 is 1.25 bits per heavy atom. The van der Waals surface area contributed by atoms with Crippen LogP contribution in [0.3, 0.4) is 0 Å². The Hall–Kier alpha value is -0.160. The van der Waals surface area contributed by atoms with Gasteiger partial charge < -0.3 is 14.8 Å². The number of hydrogen-bond donors (Lipinski definition) is 1. The van der Waals surface area contributed by atoms with Gasteiger partial charge in [0.05, 0.1) is 19.8 Å². The summed E-state index contributed by atoms with van der Waals surface area (Å²) < 4.78 is 10.5. The summed E-state index contributed by atoms with van der Waals surface area (Å²) in [6.07, 6.45) is 2.49. The molecule has 0 aliphatic carbocycles. The average molecular weight is 230 g/mol. The third-order valence-electron chi connectivity index (χ3n) is 3.02. The molecular formula is C12H26N2O2. The first-order valence-electron chi connectivity index (χ1n) is 6.40. The smallest absolute Gasteiger partial charge is 0.0700 e. The molecule has 0 spiro atoms. The summed E-state index contributed by atoms with van der Waals surface area (Å²) >= 11 is 0. The number of hydrogen-bond acceptors (Lipinski definition) is 4. The fourth-order valence-electron chi connectivity index (χ4n) is 2.14. The van der Waals surface area contributed by atoms with Crippen molar-refractivity contribution >= 4 is 0 Å². The molecule has 1 saturated heterocycles. The van der Waals surface area contributed by atoms with Crippen LogP contribution in [0.5, 0.6) is 0 Å². The van der Waals surface area contributed by atoms with Crippen LogP contribution in [0.25, 0.3) is 0 Å². The molecule has 4 heteroatoms. The maximum absolute atomic E-state index is 5.52. The lowest BCUT2D eigenvalue weighted by molar-refractivity contribution is 0.0509. The van der Waals surface area contributed by atoms with E-state index in [1.54, 1.807) is 7.11 Å². The van der Waals surface area contributed by atoms with Crippen molar-refractivity contribution in [3.05, 3.63) is 0 Å². The Bertz CT molecular complexity index is 161. The lowest BCUT2D eigenvalue weighted by Gasteiger charge is -2.27. The molecule has 0 aromatic carbocycles. The molecule has 1 fully saturated rings. The summed E-state index contributed by atoms with van der Waals surface area (Å²) in [5, 5.41) is 3.42. The van der Waals surface area contributed by atoms with Gasteiger partial charge in [-0.1, -0.05) is 6.92 Å². The van der Waals surface area contributed by atoms with Crippen LogP contribution in [0, 0.1) is 0 Å². The van der Waals surface area contributed by atoms with Crippen molar-refractivity contribution in [3.63, 3.8) is 0 Å². The molecule has 0 bridgehead atoms. The quantitative estimate of drug-likeness (QED) is 0.592. The van der Waals surface area contributed by atoms with Gasteiger partial charge in [0.2, 0.25) is 0 Å². The van der Waals surface area contributed by atoms with Gasteiger partial charge in [-0.15, -0.1) is 0 Å². The van der Waals surface area contributed by atoms with Gasteiger partial charge in [0.15, 0.2) is 0 Å². The summed E-state index contributed by atoms with van der Waals surface area (Å²) in [5.41, 5.74) is 0. The van der Waals surface area contributed by atoms with E-state index in [4.69, 9.17) is 9.47 Å². The van der Waals surface area contributed by atoms with Crippen molar-refractivity contribution in [1.82, 2.24) is 10.2 Å². The second-order valence-corrected chi connectivity index (χ2v) is 4.29. The summed E-state index contributed by atoms with van der Waals surface area (Å²) in [6, 6.07) is 0.714. The third kappa shape index (κ3) is 5.25. The largest absolute Gasteiger partial charge is 0.382 e. The van der Waals surface area contributed by atoms with Gasteiger partial charge >= 0.3 is 0 Å². The molecule has 16 heavy (non-hydrogen) atoms. The summed E-state index contributed by atoms with van der Waals surface area (Å²) in [6.45, 7) is 8.98. The zero-order chi connectivity index (χ0) is 11.6. The number of rotatable bonds is 9. The molecule has 1 N–H and O–H groups in total. The molecule has 0 radical (unpaired) electrons. The Labute approximate surface area is 99.3 Å². The summed E-state index contributed by atoms with van der Waals surface area (Å²) in [5.74, 6) is 0. The van der Waals surface area contributed by atoms with Crippen LogP contribution in [-0.4, -0.2) is 64.1 Å². The standard InChI is InChI=1S/C12H26N2O2/c1-3-6-14(12-4-5-13-11-12)7-8-16-10-9-15-2/h12-13H,3-11H2,1-2H3. The highest BCUT2D eigenvalue weighted by Crippen LogP contribution is 2.08. The second kappa shape index (κ2) is 8.93. The minimum Gasteiger partial charge on any atom is -0.382 e. The van der Waals surface area contributed by atoms with E-state index in [-0.39, 0.29) is 0 Å². The zero-order valence-corrected chi connectivity index (χ0v) is 10.7. The number of nitrogens with zero attached hydrogens (tertiary/aromatic N) is 1. The first kappa shape index (κ1) is 13.9. The predicted octanol–water partition coefficient (Wildman–Crippen LogP) is 0.723. The molecule has 1 rings (SSSR count). The molecule has 0 aromatic heterocycles. The van der Waals surface area contributed by atoms with Crippen molar-refractivity contribution < 1.29 is 9.47 Å². The fraction of sp³-hybridized carbons (Fsp3) is 1.00. The molecule has 0 amide bonds. The zero-order valence-electron chi connectivity index (χ0n) is 10.7. The van der Waals surface area contributed by atoms with Gasteiger partial charge in [0, 0.05) is 26.2 Å². The highest BCUT2D eigenvalue weighted by molar-refractivity contribution is 4.80. The second-order valence-electron chi connectivity index (χ2n) is 4.29. The highest BCUT2D eigenvalue weighted by atomic mass is 16.5. The summed E-state index contributed by atoms with van der Waals surface area (Å²) in [4.78, 5) is 2.55. The van der Waals surface area contributed by atoms with Crippen LogP contribution >= 0.6 is 0 Å². The maximum Gasteiger partial charge on any atom is 0.0700 e. The van der Waals surface area contributed by atoms with E-state index in [1.165, 1.54) is 19.4 Å². The van der Waals surface area contributed by atoms with Crippen molar-refractivity contribution in [2.45, 2.75) is 25.8 Å². The summed E-state index contributed by atoms with van der Waals surface area (Å²) in [7, 11) is 1.71. The van der Waals surface area contributed by atoms with E-state index >= 15 is 0 Å². The van der Waals surface area contributed by atoms with Crippen molar-refractivity contribution in [2.75, 3.05) is 53.1 Å². The van der Waals surface area contributed by atoms with Crippen LogP contribution in [0.4, 0.5) is 0 Å². The average Bonchev–Trinajstić information content (AvgIpc) is 2.81. The molecule has 0 aromatic rings. The van der Waals surface area contributed by atoms with E-state index in [1.807, 2.05) is 0 Å². The van der Waals surface area contributed by atoms with Crippen molar-refractivity contribution in [3.8, 4) is 0 Å². The molecule has 1 aliphatic rings.